The molecular formula is C16H11BrClIN2. The first-order valence-corrected chi connectivity index (χ1v) is 8.61. The number of hydrogen-bond acceptors (Lipinski definition) is 2. The van der Waals surface area contributed by atoms with Gasteiger partial charge in [-0.3, -0.25) is 4.98 Å². The van der Waals surface area contributed by atoms with Crippen LogP contribution in [0, 0.1) is 3.57 Å². The standard InChI is InChI=1S/C16H11BrClIN2/c17-13-5-3-10(16-12(13)2-1-7-20-16)9-21-15-6-4-11(19)8-14(15)18/h1-8,21H,9H2. The van der Waals surface area contributed by atoms with Gasteiger partial charge in [-0.1, -0.05) is 39.7 Å². The summed E-state index contributed by atoms with van der Waals surface area (Å²) in [7, 11) is 0. The van der Waals surface area contributed by atoms with Gasteiger partial charge >= 0.3 is 0 Å². The Kier molecular flexibility index (Phi) is 4.66. The molecule has 0 amide bonds. The number of aromatic nitrogens is 1. The molecule has 0 radical (unpaired) electrons. The SMILES string of the molecule is Clc1cc(I)ccc1NCc1ccc(Br)c2cccnc12. The van der Waals surface area contributed by atoms with Crippen molar-refractivity contribution in [2.45, 2.75) is 6.54 Å². The minimum absolute atomic E-state index is 0.682. The lowest BCUT2D eigenvalue weighted by molar-refractivity contribution is 1.15. The van der Waals surface area contributed by atoms with Crippen molar-refractivity contribution in [3.63, 3.8) is 0 Å². The van der Waals surface area contributed by atoms with Gasteiger partial charge in [0.2, 0.25) is 0 Å². The van der Waals surface area contributed by atoms with E-state index in [1.807, 2.05) is 30.5 Å². The molecule has 0 spiro atoms. The van der Waals surface area contributed by atoms with Crippen LogP contribution in [-0.4, -0.2) is 4.98 Å². The number of anilines is 1. The first-order chi connectivity index (χ1) is 10.1. The molecule has 1 aromatic heterocycles. The van der Waals surface area contributed by atoms with Crippen molar-refractivity contribution >= 4 is 66.7 Å². The van der Waals surface area contributed by atoms with Crippen LogP contribution in [0.3, 0.4) is 0 Å². The minimum atomic E-state index is 0.682. The number of benzene rings is 2. The van der Waals surface area contributed by atoms with Crippen LogP contribution in [0.2, 0.25) is 5.02 Å². The molecule has 0 aliphatic heterocycles. The summed E-state index contributed by atoms with van der Waals surface area (Å²) in [5.74, 6) is 0. The van der Waals surface area contributed by atoms with Crippen LogP contribution in [0.4, 0.5) is 5.69 Å². The summed E-state index contributed by atoms with van der Waals surface area (Å²) in [6, 6.07) is 14.1. The van der Waals surface area contributed by atoms with Gasteiger partial charge in [0.25, 0.3) is 0 Å². The molecule has 5 heteroatoms. The van der Waals surface area contributed by atoms with E-state index >= 15 is 0 Å². The highest BCUT2D eigenvalue weighted by atomic mass is 127. The zero-order chi connectivity index (χ0) is 14.8. The lowest BCUT2D eigenvalue weighted by Gasteiger charge is -2.11. The molecule has 0 fully saturated rings. The average molecular weight is 474 g/mol. The van der Waals surface area contributed by atoms with E-state index in [0.717, 1.165) is 35.2 Å². The molecule has 0 aliphatic rings. The largest absolute Gasteiger partial charge is 0.380 e. The summed E-state index contributed by atoms with van der Waals surface area (Å²) in [6.45, 7) is 0.682. The summed E-state index contributed by atoms with van der Waals surface area (Å²) < 4.78 is 2.18. The fourth-order valence-electron chi connectivity index (χ4n) is 2.16. The van der Waals surface area contributed by atoms with E-state index in [4.69, 9.17) is 11.6 Å². The second-order valence-corrected chi connectivity index (χ2v) is 7.09. The molecule has 0 unspecified atom stereocenters. The first-order valence-electron chi connectivity index (χ1n) is 6.36. The van der Waals surface area contributed by atoms with E-state index in [9.17, 15) is 0 Å². The van der Waals surface area contributed by atoms with Crippen LogP contribution in [0.15, 0.2) is 53.1 Å². The van der Waals surface area contributed by atoms with Crippen LogP contribution < -0.4 is 5.32 Å². The molecule has 2 nitrogen and oxygen atoms in total. The third-order valence-corrected chi connectivity index (χ3v) is 4.88. The summed E-state index contributed by atoms with van der Waals surface area (Å²) in [6.07, 6.45) is 1.82. The van der Waals surface area contributed by atoms with Crippen molar-refractivity contribution in [2.24, 2.45) is 0 Å². The van der Waals surface area contributed by atoms with Crippen LogP contribution in [-0.2, 0) is 6.54 Å². The predicted octanol–water partition coefficient (Wildman–Crippen LogP) is 5.87. The Morgan fingerprint density at radius 3 is 2.86 bits per heavy atom. The molecule has 1 N–H and O–H groups in total. The van der Waals surface area contributed by atoms with Crippen molar-refractivity contribution in [2.75, 3.05) is 5.32 Å². The molecule has 0 aliphatic carbocycles. The van der Waals surface area contributed by atoms with E-state index in [1.54, 1.807) is 0 Å². The highest BCUT2D eigenvalue weighted by molar-refractivity contribution is 14.1. The van der Waals surface area contributed by atoms with Crippen LogP contribution in [0.1, 0.15) is 5.56 Å². The number of nitrogens with one attached hydrogen (secondary N) is 1. The van der Waals surface area contributed by atoms with Gasteiger partial charge in [-0.25, -0.2) is 0 Å². The first kappa shape index (κ1) is 15.1. The molecule has 1 heterocycles. The maximum absolute atomic E-state index is 6.25. The Morgan fingerprint density at radius 1 is 1.19 bits per heavy atom. The number of rotatable bonds is 3. The van der Waals surface area contributed by atoms with Gasteiger partial charge in [0, 0.05) is 26.2 Å². The lowest BCUT2D eigenvalue weighted by Crippen LogP contribution is -2.01. The van der Waals surface area contributed by atoms with E-state index in [2.05, 4.69) is 67.0 Å². The quantitative estimate of drug-likeness (QED) is 0.482. The summed E-state index contributed by atoms with van der Waals surface area (Å²) in [4.78, 5) is 4.49. The van der Waals surface area contributed by atoms with Crippen LogP contribution >= 0.6 is 50.1 Å². The lowest BCUT2D eigenvalue weighted by atomic mass is 10.1. The third-order valence-electron chi connectivity index (χ3n) is 3.20. The molecule has 21 heavy (non-hydrogen) atoms. The zero-order valence-corrected chi connectivity index (χ0v) is 15.4. The van der Waals surface area contributed by atoms with Gasteiger partial charge in [-0.2, -0.15) is 0 Å². The van der Waals surface area contributed by atoms with E-state index in [0.29, 0.717) is 6.54 Å². The van der Waals surface area contributed by atoms with Crippen LogP contribution in [0.25, 0.3) is 10.9 Å². The summed E-state index contributed by atoms with van der Waals surface area (Å²) in [5, 5.41) is 5.23. The number of hydrogen-bond donors (Lipinski definition) is 1. The molecule has 0 saturated carbocycles. The smallest absolute Gasteiger partial charge is 0.0763 e. The highest BCUT2D eigenvalue weighted by Gasteiger charge is 2.06. The number of nitrogens with zero attached hydrogens (tertiary/aromatic N) is 1. The molecule has 106 valence electrons. The Balaban J connectivity index is 1.90. The van der Waals surface area contributed by atoms with Crippen molar-refractivity contribution in [3.8, 4) is 0 Å². The van der Waals surface area contributed by atoms with Gasteiger partial charge in [-0.05, 0) is 58.5 Å². The van der Waals surface area contributed by atoms with Gasteiger partial charge in [0.15, 0.2) is 0 Å². The monoisotopic (exact) mass is 472 g/mol. The van der Waals surface area contributed by atoms with Crippen molar-refractivity contribution in [1.82, 2.24) is 4.98 Å². The van der Waals surface area contributed by atoms with E-state index < -0.39 is 0 Å². The Hall–Kier alpha value is -0.850. The van der Waals surface area contributed by atoms with E-state index in [-0.39, 0.29) is 0 Å². The van der Waals surface area contributed by atoms with Gasteiger partial charge < -0.3 is 5.32 Å². The van der Waals surface area contributed by atoms with E-state index in [1.165, 1.54) is 0 Å². The second kappa shape index (κ2) is 6.50. The Morgan fingerprint density at radius 2 is 2.05 bits per heavy atom. The minimum Gasteiger partial charge on any atom is -0.380 e. The van der Waals surface area contributed by atoms with Gasteiger partial charge in [0.1, 0.15) is 0 Å². The molecule has 0 bridgehead atoms. The Bertz CT molecular complexity index is 807. The third kappa shape index (κ3) is 3.33. The normalized spacial score (nSPS) is 10.8. The summed E-state index contributed by atoms with van der Waals surface area (Å²) >= 11 is 12.1. The molecule has 2 aromatic carbocycles. The fourth-order valence-corrected chi connectivity index (χ4v) is 3.54. The van der Waals surface area contributed by atoms with Crippen molar-refractivity contribution in [1.29, 1.82) is 0 Å². The second-order valence-electron chi connectivity index (χ2n) is 4.58. The number of pyridine rings is 1. The maximum Gasteiger partial charge on any atom is 0.0763 e. The zero-order valence-electron chi connectivity index (χ0n) is 10.9. The number of halogens is 3. The molecule has 0 saturated heterocycles. The van der Waals surface area contributed by atoms with Crippen molar-refractivity contribution < 1.29 is 0 Å². The number of fused-ring (bicyclic) bond motifs is 1. The highest BCUT2D eigenvalue weighted by Crippen LogP contribution is 2.27. The van der Waals surface area contributed by atoms with Crippen molar-refractivity contribution in [3.05, 3.63) is 67.3 Å². The molecule has 3 rings (SSSR count). The van der Waals surface area contributed by atoms with Crippen LogP contribution in [0.5, 0.6) is 0 Å². The van der Waals surface area contributed by atoms with Gasteiger partial charge in [0.05, 0.1) is 16.2 Å². The molecule has 3 aromatic rings. The average Bonchev–Trinajstić information content (AvgIpc) is 2.48. The Labute approximate surface area is 150 Å². The molecular weight excluding hydrogens is 462 g/mol. The maximum atomic E-state index is 6.25. The topological polar surface area (TPSA) is 24.9 Å². The predicted molar refractivity (Wildman–Crippen MR) is 101 cm³/mol. The van der Waals surface area contributed by atoms with Gasteiger partial charge in [-0.15, -0.1) is 0 Å². The molecule has 0 atom stereocenters. The fraction of sp³-hybridized carbons (Fsp3) is 0.0625. The summed E-state index contributed by atoms with van der Waals surface area (Å²) in [5.41, 5.74) is 3.08.